The summed E-state index contributed by atoms with van der Waals surface area (Å²) < 4.78 is 7.05. The fourth-order valence-electron chi connectivity index (χ4n) is 4.02. The zero-order valence-corrected chi connectivity index (χ0v) is 17.8. The van der Waals surface area contributed by atoms with Crippen molar-refractivity contribution < 1.29 is 9.53 Å². The molecule has 2 heterocycles. The molecule has 2 aromatic carbocycles. The summed E-state index contributed by atoms with van der Waals surface area (Å²) in [4.78, 5) is 17.7. The normalized spacial score (nSPS) is 14.1. The zero-order chi connectivity index (χ0) is 21.1. The maximum atomic E-state index is 13.3. The van der Waals surface area contributed by atoms with Crippen LogP contribution < -0.4 is 9.64 Å². The molecule has 0 atom stereocenters. The second kappa shape index (κ2) is 8.61. The number of carbonyl (C=O) groups is 1. The van der Waals surface area contributed by atoms with Gasteiger partial charge in [-0.1, -0.05) is 31.2 Å². The third-order valence-electron chi connectivity index (χ3n) is 5.63. The lowest BCUT2D eigenvalue weighted by molar-refractivity contribution is 0.0737. The van der Waals surface area contributed by atoms with E-state index in [0.29, 0.717) is 18.8 Å². The number of aromatic nitrogens is 2. The number of nitrogens with zero attached hydrogens (tertiary/aromatic N) is 4. The Bertz CT molecular complexity index is 1040. The second-order valence-corrected chi connectivity index (χ2v) is 7.55. The molecule has 1 amide bonds. The van der Waals surface area contributed by atoms with Crippen molar-refractivity contribution in [3.8, 4) is 11.4 Å². The summed E-state index contributed by atoms with van der Waals surface area (Å²) in [7, 11) is 1.63. The van der Waals surface area contributed by atoms with E-state index in [4.69, 9.17) is 4.74 Å². The lowest BCUT2D eigenvalue weighted by Crippen LogP contribution is -2.49. The fraction of sp³-hybridized carbons (Fsp3) is 0.333. The van der Waals surface area contributed by atoms with Gasteiger partial charge >= 0.3 is 0 Å². The van der Waals surface area contributed by atoms with Gasteiger partial charge in [-0.3, -0.25) is 4.79 Å². The van der Waals surface area contributed by atoms with E-state index in [1.807, 2.05) is 42.2 Å². The molecule has 1 aliphatic rings. The molecule has 1 aliphatic heterocycles. The van der Waals surface area contributed by atoms with E-state index >= 15 is 0 Å². The van der Waals surface area contributed by atoms with Crippen molar-refractivity contribution in [2.45, 2.75) is 20.3 Å². The molecule has 1 fully saturated rings. The highest BCUT2D eigenvalue weighted by Crippen LogP contribution is 2.24. The van der Waals surface area contributed by atoms with Gasteiger partial charge in [0.05, 0.1) is 18.5 Å². The maximum absolute atomic E-state index is 13.3. The lowest BCUT2D eigenvalue weighted by Gasteiger charge is -2.37. The molecule has 0 N–H and O–H groups in total. The van der Waals surface area contributed by atoms with Gasteiger partial charge in [0.25, 0.3) is 5.91 Å². The first kappa shape index (κ1) is 20.0. The molecule has 3 aromatic rings. The van der Waals surface area contributed by atoms with Crippen LogP contribution in [0.1, 0.15) is 28.7 Å². The number of para-hydroxylation sites is 1. The first-order chi connectivity index (χ1) is 14.6. The Kier molecular flexibility index (Phi) is 5.74. The SMILES string of the molecule is CCc1ccccc1N1CCN(C(=O)c2cc(C)nn2-c2cccc(OC)c2)CC1. The Morgan fingerprint density at radius 1 is 1.03 bits per heavy atom. The van der Waals surface area contributed by atoms with Crippen molar-refractivity contribution in [3.05, 3.63) is 71.5 Å². The summed E-state index contributed by atoms with van der Waals surface area (Å²) in [6, 6.07) is 18.0. The maximum Gasteiger partial charge on any atom is 0.272 e. The predicted molar refractivity (Wildman–Crippen MR) is 119 cm³/mol. The van der Waals surface area contributed by atoms with Crippen molar-refractivity contribution in [2.75, 3.05) is 38.2 Å². The summed E-state index contributed by atoms with van der Waals surface area (Å²) in [6.07, 6.45) is 1.01. The third-order valence-corrected chi connectivity index (χ3v) is 5.63. The molecule has 4 rings (SSSR count). The van der Waals surface area contributed by atoms with Crippen LogP contribution in [0.5, 0.6) is 5.75 Å². The van der Waals surface area contributed by atoms with E-state index in [1.54, 1.807) is 11.8 Å². The number of piperazine rings is 1. The minimum absolute atomic E-state index is 0.0156. The number of rotatable bonds is 5. The predicted octanol–water partition coefficient (Wildman–Crippen LogP) is 3.71. The molecule has 0 radical (unpaired) electrons. The molecule has 6 nitrogen and oxygen atoms in total. The second-order valence-electron chi connectivity index (χ2n) is 7.55. The Hall–Kier alpha value is -3.28. The number of amides is 1. The topological polar surface area (TPSA) is 50.6 Å². The molecule has 6 heteroatoms. The Balaban J connectivity index is 1.52. The zero-order valence-electron chi connectivity index (χ0n) is 17.8. The smallest absolute Gasteiger partial charge is 0.272 e. The van der Waals surface area contributed by atoms with Crippen molar-refractivity contribution in [2.24, 2.45) is 0 Å². The molecule has 1 aromatic heterocycles. The van der Waals surface area contributed by atoms with Gasteiger partial charge in [-0.05, 0) is 43.2 Å². The van der Waals surface area contributed by atoms with E-state index in [9.17, 15) is 4.79 Å². The van der Waals surface area contributed by atoms with Crippen molar-refractivity contribution >= 4 is 11.6 Å². The molecule has 1 saturated heterocycles. The molecular formula is C24H28N4O2. The number of carbonyl (C=O) groups excluding carboxylic acids is 1. The summed E-state index contributed by atoms with van der Waals surface area (Å²) in [6.45, 7) is 7.14. The van der Waals surface area contributed by atoms with Crippen LogP contribution in [-0.4, -0.2) is 53.9 Å². The van der Waals surface area contributed by atoms with Gasteiger partial charge in [0.2, 0.25) is 0 Å². The number of aryl methyl sites for hydroxylation is 2. The number of hydrogen-bond acceptors (Lipinski definition) is 4. The minimum atomic E-state index is 0.0156. The minimum Gasteiger partial charge on any atom is -0.497 e. The van der Waals surface area contributed by atoms with Crippen molar-refractivity contribution in [1.29, 1.82) is 0 Å². The fourth-order valence-corrected chi connectivity index (χ4v) is 4.02. The monoisotopic (exact) mass is 404 g/mol. The molecule has 0 saturated carbocycles. The van der Waals surface area contributed by atoms with E-state index in [0.717, 1.165) is 36.6 Å². The average Bonchev–Trinajstić information content (AvgIpc) is 3.20. The molecule has 156 valence electrons. The van der Waals surface area contributed by atoms with E-state index in [2.05, 4.69) is 41.2 Å². The number of hydrogen-bond donors (Lipinski definition) is 0. The van der Waals surface area contributed by atoms with Crippen LogP contribution in [0.3, 0.4) is 0 Å². The highest BCUT2D eigenvalue weighted by Gasteiger charge is 2.26. The van der Waals surface area contributed by atoms with E-state index in [1.165, 1.54) is 11.3 Å². The van der Waals surface area contributed by atoms with Gasteiger partial charge in [0.15, 0.2) is 0 Å². The molecule has 0 unspecified atom stereocenters. The summed E-state index contributed by atoms with van der Waals surface area (Å²) in [5.41, 5.74) is 4.86. The van der Waals surface area contributed by atoms with Gasteiger partial charge in [-0.15, -0.1) is 0 Å². The van der Waals surface area contributed by atoms with Gasteiger partial charge < -0.3 is 14.5 Å². The highest BCUT2D eigenvalue weighted by atomic mass is 16.5. The standard InChI is InChI=1S/C24H28N4O2/c1-4-19-8-5-6-11-22(19)26-12-14-27(15-13-26)24(29)23-16-18(2)25-28(23)20-9-7-10-21(17-20)30-3/h5-11,16-17H,4,12-15H2,1-3H3. The third kappa shape index (κ3) is 3.90. The van der Waals surface area contributed by atoms with Crippen LogP contribution in [0.4, 0.5) is 5.69 Å². The van der Waals surface area contributed by atoms with E-state index < -0.39 is 0 Å². The first-order valence-electron chi connectivity index (χ1n) is 10.4. The van der Waals surface area contributed by atoms with Gasteiger partial charge in [-0.25, -0.2) is 4.68 Å². The molecule has 0 aliphatic carbocycles. The summed E-state index contributed by atoms with van der Waals surface area (Å²) >= 11 is 0. The Labute approximate surface area is 177 Å². The quantitative estimate of drug-likeness (QED) is 0.650. The van der Waals surface area contributed by atoms with Gasteiger partial charge in [0, 0.05) is 37.9 Å². The number of anilines is 1. The van der Waals surface area contributed by atoms with Crippen molar-refractivity contribution in [1.82, 2.24) is 14.7 Å². The van der Waals surface area contributed by atoms with Gasteiger partial charge in [-0.2, -0.15) is 5.10 Å². The highest BCUT2D eigenvalue weighted by molar-refractivity contribution is 5.93. The van der Waals surface area contributed by atoms with E-state index in [-0.39, 0.29) is 5.91 Å². The van der Waals surface area contributed by atoms with Crippen LogP contribution in [0, 0.1) is 6.92 Å². The van der Waals surface area contributed by atoms with Crippen LogP contribution in [-0.2, 0) is 6.42 Å². The van der Waals surface area contributed by atoms with Crippen LogP contribution in [0.25, 0.3) is 5.69 Å². The van der Waals surface area contributed by atoms with Gasteiger partial charge in [0.1, 0.15) is 11.4 Å². The molecular weight excluding hydrogens is 376 g/mol. The first-order valence-corrected chi connectivity index (χ1v) is 10.4. The summed E-state index contributed by atoms with van der Waals surface area (Å²) in [5, 5.41) is 4.56. The van der Waals surface area contributed by atoms with Crippen LogP contribution in [0.15, 0.2) is 54.6 Å². The van der Waals surface area contributed by atoms with Crippen molar-refractivity contribution in [3.63, 3.8) is 0 Å². The van der Waals surface area contributed by atoms with Crippen LogP contribution in [0.2, 0.25) is 0 Å². The molecule has 0 spiro atoms. The Morgan fingerprint density at radius 3 is 2.53 bits per heavy atom. The number of benzene rings is 2. The largest absolute Gasteiger partial charge is 0.497 e. The van der Waals surface area contributed by atoms with Crippen LogP contribution >= 0.6 is 0 Å². The average molecular weight is 405 g/mol. The number of methoxy groups -OCH3 is 1. The Morgan fingerprint density at radius 2 is 1.80 bits per heavy atom. The molecule has 0 bridgehead atoms. The lowest BCUT2D eigenvalue weighted by atomic mass is 10.1. The molecule has 30 heavy (non-hydrogen) atoms. The summed E-state index contributed by atoms with van der Waals surface area (Å²) in [5.74, 6) is 0.754. The number of ether oxygens (including phenoxy) is 1.